The minimum atomic E-state index is -1.20. The van der Waals surface area contributed by atoms with Crippen LogP contribution < -0.4 is 5.76 Å². The third-order valence-electron chi connectivity index (χ3n) is 3.05. The lowest BCUT2D eigenvalue weighted by Gasteiger charge is -2.10. The zero-order chi connectivity index (χ0) is 15.0. The Bertz CT molecular complexity index is 766. The summed E-state index contributed by atoms with van der Waals surface area (Å²) in [5.74, 6) is -1.86. The first-order valence-electron chi connectivity index (χ1n) is 6.00. The van der Waals surface area contributed by atoms with Crippen LogP contribution >= 0.6 is 0 Å². The molecule has 2 aromatic rings. The van der Waals surface area contributed by atoms with E-state index in [4.69, 9.17) is 4.42 Å². The van der Waals surface area contributed by atoms with E-state index in [9.17, 15) is 19.2 Å². The molecular weight excluding hydrogens is 262 g/mol. The summed E-state index contributed by atoms with van der Waals surface area (Å²) >= 11 is 0. The topological polar surface area (TPSA) is 86.3 Å². The van der Waals surface area contributed by atoms with E-state index in [-0.39, 0.29) is 11.4 Å². The van der Waals surface area contributed by atoms with Gasteiger partial charge in [0.15, 0.2) is 29.0 Å². The molecule has 6 nitrogen and oxygen atoms in total. The second-order valence-corrected chi connectivity index (χ2v) is 4.60. The van der Waals surface area contributed by atoms with Crippen LogP contribution in [0.5, 0.6) is 0 Å². The highest BCUT2D eigenvalue weighted by Gasteiger charge is 2.26. The molecule has 2 rings (SSSR count). The number of hydrogen-bond donors (Lipinski definition) is 0. The van der Waals surface area contributed by atoms with Gasteiger partial charge in [0.1, 0.15) is 0 Å². The lowest BCUT2D eigenvalue weighted by atomic mass is 10.1. The largest absolute Gasteiger partial charge is 0.421 e. The predicted molar refractivity (Wildman–Crippen MR) is 70.9 cm³/mol. The van der Waals surface area contributed by atoms with Crippen LogP contribution in [0.25, 0.3) is 11.1 Å². The maximum atomic E-state index is 11.9. The number of rotatable bonds is 4. The summed E-state index contributed by atoms with van der Waals surface area (Å²) in [6.45, 7) is 3.87. The molecule has 20 heavy (non-hydrogen) atoms. The maximum Gasteiger partial charge on any atom is 0.421 e. The van der Waals surface area contributed by atoms with E-state index in [1.807, 2.05) is 0 Å². The van der Waals surface area contributed by atoms with Crippen LogP contribution in [0.1, 0.15) is 37.2 Å². The standard InChI is InChI=1S/C14H13NO5/c1-7(16)10-4-5-11-12(6-10)20-14(19)15(11)13(8(2)17)9(3)18/h4-6,13H,1-3H3. The summed E-state index contributed by atoms with van der Waals surface area (Å²) in [4.78, 5) is 46.3. The van der Waals surface area contributed by atoms with Gasteiger partial charge in [-0.15, -0.1) is 0 Å². The third-order valence-corrected chi connectivity index (χ3v) is 3.05. The van der Waals surface area contributed by atoms with E-state index in [1.165, 1.54) is 39.0 Å². The fourth-order valence-corrected chi connectivity index (χ4v) is 2.15. The van der Waals surface area contributed by atoms with Gasteiger partial charge in [-0.25, -0.2) is 4.79 Å². The van der Waals surface area contributed by atoms with Crippen molar-refractivity contribution in [3.8, 4) is 0 Å². The first-order valence-corrected chi connectivity index (χ1v) is 6.00. The quantitative estimate of drug-likeness (QED) is 0.623. The van der Waals surface area contributed by atoms with Gasteiger partial charge >= 0.3 is 5.76 Å². The second-order valence-electron chi connectivity index (χ2n) is 4.60. The van der Waals surface area contributed by atoms with Gasteiger partial charge in [-0.3, -0.25) is 19.0 Å². The molecule has 1 heterocycles. The molecule has 0 amide bonds. The van der Waals surface area contributed by atoms with Crippen LogP contribution in [0.3, 0.4) is 0 Å². The molecule has 0 bridgehead atoms. The molecule has 0 atom stereocenters. The Labute approximate surface area is 114 Å². The SMILES string of the molecule is CC(=O)c1ccc2c(c1)oc(=O)n2C(C(C)=O)C(C)=O. The maximum absolute atomic E-state index is 11.9. The van der Waals surface area contributed by atoms with Crippen LogP contribution in [0.15, 0.2) is 27.4 Å². The van der Waals surface area contributed by atoms with Gasteiger partial charge in [0.05, 0.1) is 5.52 Å². The molecule has 0 spiro atoms. The number of hydrogen-bond acceptors (Lipinski definition) is 5. The molecule has 0 fully saturated rings. The van der Waals surface area contributed by atoms with Crippen molar-refractivity contribution in [2.75, 3.05) is 0 Å². The number of oxazole rings is 1. The van der Waals surface area contributed by atoms with Gasteiger partial charge in [-0.2, -0.15) is 0 Å². The lowest BCUT2D eigenvalue weighted by molar-refractivity contribution is -0.129. The Kier molecular flexibility index (Phi) is 3.40. The molecule has 1 aromatic carbocycles. The first-order chi connectivity index (χ1) is 9.32. The highest BCUT2D eigenvalue weighted by Crippen LogP contribution is 2.20. The Morgan fingerprint density at radius 3 is 2.20 bits per heavy atom. The first kappa shape index (κ1) is 13.9. The molecule has 6 heteroatoms. The summed E-state index contributed by atoms with van der Waals surface area (Å²) in [5, 5.41) is 0. The lowest BCUT2D eigenvalue weighted by Crippen LogP contribution is -2.30. The van der Waals surface area contributed by atoms with Gasteiger partial charge in [-0.1, -0.05) is 0 Å². The summed E-state index contributed by atoms with van der Waals surface area (Å²) in [6.07, 6.45) is 0. The Balaban J connectivity index is 2.74. The molecule has 0 aliphatic heterocycles. The van der Waals surface area contributed by atoms with Crippen molar-refractivity contribution in [3.63, 3.8) is 0 Å². The molecule has 0 N–H and O–H groups in total. The van der Waals surface area contributed by atoms with E-state index in [0.29, 0.717) is 11.1 Å². The van der Waals surface area contributed by atoms with Crippen LogP contribution in [-0.4, -0.2) is 21.9 Å². The number of carbonyl (C=O) groups excluding carboxylic acids is 3. The van der Waals surface area contributed by atoms with Crippen molar-refractivity contribution in [2.24, 2.45) is 0 Å². The second kappa shape index (κ2) is 4.88. The number of ketones is 3. The predicted octanol–water partition coefficient (Wildman–Crippen LogP) is 1.52. The van der Waals surface area contributed by atoms with Crippen LogP contribution in [0.2, 0.25) is 0 Å². The normalized spacial score (nSPS) is 11.0. The number of Topliss-reactive ketones (excluding diaryl/α,β-unsaturated/α-hetero) is 3. The van der Waals surface area contributed by atoms with E-state index in [1.54, 1.807) is 0 Å². The van der Waals surface area contributed by atoms with Crippen LogP contribution in [0, 0.1) is 0 Å². The van der Waals surface area contributed by atoms with Gasteiger partial charge < -0.3 is 4.42 Å². The van der Waals surface area contributed by atoms with Crippen molar-refractivity contribution in [1.82, 2.24) is 4.57 Å². The zero-order valence-corrected chi connectivity index (χ0v) is 11.3. The Hall–Kier alpha value is -2.50. The van der Waals surface area contributed by atoms with Gasteiger partial charge in [0, 0.05) is 5.56 Å². The number of carbonyl (C=O) groups is 3. The molecule has 1 aromatic heterocycles. The van der Waals surface area contributed by atoms with Crippen LogP contribution in [-0.2, 0) is 9.59 Å². The van der Waals surface area contributed by atoms with E-state index in [0.717, 1.165) is 4.57 Å². The number of aromatic nitrogens is 1. The molecule has 0 aliphatic carbocycles. The average molecular weight is 275 g/mol. The van der Waals surface area contributed by atoms with E-state index in [2.05, 4.69) is 0 Å². The van der Waals surface area contributed by atoms with Crippen molar-refractivity contribution in [1.29, 1.82) is 0 Å². The third kappa shape index (κ3) is 2.20. The summed E-state index contributed by atoms with van der Waals surface area (Å²) in [7, 11) is 0. The van der Waals surface area contributed by atoms with E-state index < -0.39 is 23.4 Å². The molecule has 0 saturated carbocycles. The van der Waals surface area contributed by atoms with Crippen molar-refractivity contribution < 1.29 is 18.8 Å². The Morgan fingerprint density at radius 1 is 1.10 bits per heavy atom. The smallest absolute Gasteiger partial charge is 0.408 e. The van der Waals surface area contributed by atoms with Crippen LogP contribution in [0.4, 0.5) is 0 Å². The highest BCUT2D eigenvalue weighted by atomic mass is 16.4. The molecule has 0 aliphatic rings. The minimum absolute atomic E-state index is 0.169. The monoisotopic (exact) mass is 275 g/mol. The van der Waals surface area contributed by atoms with Gasteiger partial charge in [0.25, 0.3) is 0 Å². The molecular formula is C14H13NO5. The summed E-state index contributed by atoms with van der Waals surface area (Å²) in [5.41, 5.74) is 0.881. The Morgan fingerprint density at radius 2 is 1.70 bits per heavy atom. The number of nitrogens with zero attached hydrogens (tertiary/aromatic N) is 1. The fraction of sp³-hybridized carbons (Fsp3) is 0.286. The molecule has 0 unspecified atom stereocenters. The van der Waals surface area contributed by atoms with Gasteiger partial charge in [-0.05, 0) is 39.0 Å². The highest BCUT2D eigenvalue weighted by molar-refractivity contribution is 6.03. The average Bonchev–Trinajstić information content (AvgIpc) is 2.64. The van der Waals surface area contributed by atoms with E-state index >= 15 is 0 Å². The minimum Gasteiger partial charge on any atom is -0.408 e. The van der Waals surface area contributed by atoms with Crippen molar-refractivity contribution in [2.45, 2.75) is 26.8 Å². The van der Waals surface area contributed by atoms with Crippen molar-refractivity contribution >= 4 is 28.4 Å². The summed E-state index contributed by atoms with van der Waals surface area (Å²) < 4.78 is 6.04. The fourth-order valence-electron chi connectivity index (χ4n) is 2.15. The molecule has 0 radical (unpaired) electrons. The number of benzene rings is 1. The number of fused-ring (bicyclic) bond motifs is 1. The van der Waals surface area contributed by atoms with Crippen molar-refractivity contribution in [3.05, 3.63) is 34.3 Å². The zero-order valence-electron chi connectivity index (χ0n) is 11.3. The molecule has 0 saturated heterocycles. The van der Waals surface area contributed by atoms with Gasteiger partial charge in [0.2, 0.25) is 0 Å². The summed E-state index contributed by atoms with van der Waals surface area (Å²) in [6, 6.07) is 3.24. The molecule has 104 valence electrons.